The quantitative estimate of drug-likeness (QED) is 0.0823. The van der Waals surface area contributed by atoms with Gasteiger partial charge in [0.15, 0.2) is 17.5 Å². The maximum absolute atomic E-state index is 5.12. The molecule has 5 nitrogen and oxygen atoms in total. The van der Waals surface area contributed by atoms with Crippen molar-refractivity contribution in [2.24, 2.45) is 0 Å². The molecule has 0 saturated carbocycles. The van der Waals surface area contributed by atoms with Crippen LogP contribution in [0.3, 0.4) is 0 Å². The normalized spacial score (nSPS) is 12.7. The van der Waals surface area contributed by atoms with Gasteiger partial charge in [0.05, 0.1) is 10.2 Å². The van der Waals surface area contributed by atoms with Crippen LogP contribution in [-0.4, -0.2) is 44.7 Å². The summed E-state index contributed by atoms with van der Waals surface area (Å²) < 4.78 is 3.36. The Kier molecular flexibility index (Phi) is 13.0. The number of benzene rings is 3. The van der Waals surface area contributed by atoms with Gasteiger partial charge < -0.3 is 0 Å². The van der Waals surface area contributed by atoms with Crippen molar-refractivity contribution in [1.82, 2.24) is 24.5 Å². The van der Waals surface area contributed by atoms with Gasteiger partial charge in [0.1, 0.15) is 0 Å². The average molecular weight is 746 g/mol. The minimum absolute atomic E-state index is 0.606. The third kappa shape index (κ3) is 8.51. The van der Waals surface area contributed by atoms with Crippen molar-refractivity contribution in [3.8, 4) is 34.2 Å². The molecular weight excluding hydrogens is 700 g/mol. The van der Waals surface area contributed by atoms with Crippen molar-refractivity contribution >= 4 is 70.6 Å². The van der Waals surface area contributed by atoms with Crippen molar-refractivity contribution in [3.63, 3.8) is 0 Å². The van der Waals surface area contributed by atoms with Crippen LogP contribution in [0.15, 0.2) is 152 Å². The van der Waals surface area contributed by atoms with Gasteiger partial charge in [-0.2, -0.15) is 0 Å². The molecule has 0 spiro atoms. The molecule has 0 amide bonds. The first-order chi connectivity index (χ1) is 27.3. The van der Waals surface area contributed by atoms with E-state index in [4.69, 9.17) is 19.9 Å². The molecule has 0 unspecified atom stereocenters. The summed E-state index contributed by atoms with van der Waals surface area (Å²) in [5.74, 6) is 3.91. The van der Waals surface area contributed by atoms with Crippen LogP contribution >= 0.6 is 11.3 Å². The molecule has 274 valence electrons. The van der Waals surface area contributed by atoms with Crippen LogP contribution in [0.1, 0.15) is 35.8 Å². The van der Waals surface area contributed by atoms with Gasteiger partial charge in [-0.1, -0.05) is 60.7 Å². The van der Waals surface area contributed by atoms with Gasteiger partial charge >= 0.3 is 183 Å². The monoisotopic (exact) mass is 745 g/mol. The van der Waals surface area contributed by atoms with Crippen molar-refractivity contribution in [1.29, 1.82) is 0 Å². The fraction of sp³-hybridized carbons (Fsp3) is 0.104. The fourth-order valence-electron chi connectivity index (χ4n) is 6.67. The second-order valence-electron chi connectivity index (χ2n) is 13.1. The van der Waals surface area contributed by atoms with Gasteiger partial charge in [-0.15, -0.1) is 11.3 Å². The van der Waals surface area contributed by atoms with Crippen molar-refractivity contribution in [2.75, 3.05) is 0 Å². The number of aromatic nitrogens is 5. The molecule has 0 aliphatic carbocycles. The SMILES string of the molecule is C=C/C=C\c1c(BC)c(/C=C(C=C)/C(=C/C)/C=C(\C)c2nc3cc(-c4nc(-c5ccccc5)nc(-c5ccccc5)n4)ccc3s2)c(C)n1/C(C=C)=C/C=B\C. The molecule has 0 aliphatic rings. The molecule has 6 aromatic rings. The number of rotatable bonds is 14. The van der Waals surface area contributed by atoms with Crippen LogP contribution in [0, 0.1) is 6.92 Å². The molecule has 3 heterocycles. The Morgan fingerprint density at radius 1 is 0.821 bits per heavy atom. The van der Waals surface area contributed by atoms with Gasteiger partial charge in [-0.05, 0) is 18.2 Å². The Bertz CT molecular complexity index is 2540. The topological polar surface area (TPSA) is 56.5 Å². The number of thiazole rings is 1. The van der Waals surface area contributed by atoms with E-state index in [1.54, 1.807) is 11.3 Å². The summed E-state index contributed by atoms with van der Waals surface area (Å²) in [6.07, 6.45) is 18.4. The summed E-state index contributed by atoms with van der Waals surface area (Å²) in [6, 6.07) is 26.3. The zero-order valence-electron chi connectivity index (χ0n) is 32.8. The van der Waals surface area contributed by atoms with Gasteiger partial charge in [0.25, 0.3) is 0 Å². The molecular formula is C48H45B2N5S. The van der Waals surface area contributed by atoms with Gasteiger partial charge in [-0.3, -0.25) is 0 Å². The summed E-state index contributed by atoms with van der Waals surface area (Å²) in [4.78, 5) is 19.8. The second-order valence-corrected chi connectivity index (χ2v) is 14.1. The van der Waals surface area contributed by atoms with Gasteiger partial charge in [0, 0.05) is 16.7 Å². The van der Waals surface area contributed by atoms with E-state index < -0.39 is 0 Å². The molecule has 0 fully saturated rings. The van der Waals surface area contributed by atoms with Crippen LogP contribution in [0.4, 0.5) is 0 Å². The molecule has 0 bridgehead atoms. The number of hydrogen-bond acceptors (Lipinski definition) is 5. The fourth-order valence-corrected chi connectivity index (χ4v) is 7.59. The Labute approximate surface area is 336 Å². The first kappa shape index (κ1) is 39.5. The number of allylic oxidation sites excluding steroid dienone is 11. The molecule has 8 heteroatoms. The van der Waals surface area contributed by atoms with E-state index >= 15 is 0 Å². The third-order valence-corrected chi connectivity index (χ3v) is 10.7. The minimum atomic E-state index is 0.606. The van der Waals surface area contributed by atoms with Gasteiger partial charge in [0.2, 0.25) is 0 Å². The molecule has 0 N–H and O–H groups in total. The zero-order chi connectivity index (χ0) is 39.6. The molecule has 0 radical (unpaired) electrons. The molecule has 3 aromatic heterocycles. The molecule has 6 rings (SSSR count). The Hall–Kier alpha value is -6.24. The third-order valence-electron chi connectivity index (χ3n) is 9.49. The second kappa shape index (κ2) is 18.4. The number of nitrogens with zero attached hydrogens (tertiary/aromatic N) is 5. The van der Waals surface area contributed by atoms with Crippen LogP contribution in [-0.2, 0) is 0 Å². The predicted molar refractivity (Wildman–Crippen MR) is 248 cm³/mol. The molecule has 0 aliphatic heterocycles. The molecule has 56 heavy (non-hydrogen) atoms. The first-order valence-corrected chi connectivity index (χ1v) is 19.6. The van der Waals surface area contributed by atoms with E-state index in [1.807, 2.05) is 105 Å². The molecule has 3 aromatic carbocycles. The van der Waals surface area contributed by atoms with Crippen molar-refractivity contribution in [2.45, 2.75) is 34.4 Å². The van der Waals surface area contributed by atoms with E-state index in [0.717, 1.165) is 73.0 Å². The Balaban J connectivity index is 1.38. The summed E-state index contributed by atoms with van der Waals surface area (Å²) in [5, 5.41) is 0.948. The van der Waals surface area contributed by atoms with E-state index in [0.29, 0.717) is 17.5 Å². The Morgan fingerprint density at radius 2 is 1.46 bits per heavy atom. The van der Waals surface area contributed by atoms with Crippen molar-refractivity contribution < 1.29 is 0 Å². The summed E-state index contributed by atoms with van der Waals surface area (Å²) in [5.41, 5.74) is 12.5. The summed E-state index contributed by atoms with van der Waals surface area (Å²) in [6.45, 7) is 24.9. The van der Waals surface area contributed by atoms with Crippen molar-refractivity contribution in [3.05, 3.63) is 174 Å². The molecule has 0 atom stereocenters. The van der Waals surface area contributed by atoms with E-state index in [-0.39, 0.29) is 0 Å². The maximum atomic E-state index is 5.12. The Morgan fingerprint density at radius 3 is 2.02 bits per heavy atom. The standard InChI is InChI=1S/C48H45B2N5S/c1-9-13-24-42-44(50-8)40(33(6)55(42)39(12-4)27-28-49-7)30-35(11-3)34(10-2)29-32(5)48-51-41-31-38(25-26-43(41)56-48)47-53-45(36-20-16-14-17-21-36)52-46(54-47)37-22-18-15-19-23-37/h9-31,50H,1,3-4H2,2,5-8H3/b24-13-,32-29+,34-10+,35-30+,39-27+. The van der Waals surface area contributed by atoms with Crippen LogP contribution in [0.5, 0.6) is 0 Å². The van der Waals surface area contributed by atoms with E-state index in [1.165, 1.54) is 11.0 Å². The van der Waals surface area contributed by atoms with E-state index in [9.17, 15) is 0 Å². The van der Waals surface area contributed by atoms with Crippen LogP contribution < -0.4 is 5.46 Å². The van der Waals surface area contributed by atoms with E-state index in [2.05, 4.69) is 100 Å². The average Bonchev–Trinajstić information content (AvgIpc) is 3.79. The number of hydrogen-bond donors (Lipinski definition) is 0. The first-order valence-electron chi connectivity index (χ1n) is 18.8. The molecule has 0 saturated heterocycles. The summed E-state index contributed by atoms with van der Waals surface area (Å²) in [7, 11) is 0.856. The number of fused-ring (bicyclic) bond motifs is 1. The van der Waals surface area contributed by atoms with Gasteiger partial charge in [-0.25, -0.2) is 19.9 Å². The van der Waals surface area contributed by atoms with Crippen LogP contribution in [0.2, 0.25) is 13.6 Å². The summed E-state index contributed by atoms with van der Waals surface area (Å²) >= 11 is 1.67. The zero-order valence-corrected chi connectivity index (χ0v) is 33.6. The predicted octanol–water partition coefficient (Wildman–Crippen LogP) is 11.1. The van der Waals surface area contributed by atoms with Crippen LogP contribution in [0.25, 0.3) is 67.8 Å².